The Labute approximate surface area is 145 Å². The molecule has 25 heavy (non-hydrogen) atoms. The van der Waals surface area contributed by atoms with Gasteiger partial charge in [0, 0.05) is 12.1 Å². The zero-order chi connectivity index (χ0) is 18.4. The molecule has 0 unspecified atom stereocenters. The molecule has 0 atom stereocenters. The number of H-pyrrole nitrogens is 2. The Morgan fingerprint density at radius 2 is 1.84 bits per heavy atom. The highest BCUT2D eigenvalue weighted by molar-refractivity contribution is 7.89. The molecule has 132 valence electrons. The van der Waals surface area contributed by atoms with Gasteiger partial charge >= 0.3 is 0 Å². The summed E-state index contributed by atoms with van der Waals surface area (Å²) in [5.74, 6) is 0. The van der Waals surface area contributed by atoms with E-state index in [4.69, 9.17) is 0 Å². The number of aryl methyl sites for hydroxylation is 4. The fraction of sp³-hybridized carbons (Fsp3) is 0.294. The van der Waals surface area contributed by atoms with Gasteiger partial charge in [-0.1, -0.05) is 11.6 Å². The van der Waals surface area contributed by atoms with E-state index in [-0.39, 0.29) is 17.0 Å². The summed E-state index contributed by atoms with van der Waals surface area (Å²) in [5.41, 5.74) is 3.73. The molecule has 0 bridgehead atoms. The van der Waals surface area contributed by atoms with Gasteiger partial charge in [-0.25, -0.2) is 13.1 Å². The lowest BCUT2D eigenvalue weighted by Gasteiger charge is -2.09. The smallest absolute Gasteiger partial charge is 0.252 e. The fourth-order valence-electron chi connectivity index (χ4n) is 3.04. The monoisotopic (exact) mass is 360 g/mol. The molecule has 0 aliphatic rings. The number of nitrogens with zero attached hydrogens (tertiary/aromatic N) is 1. The third-order valence-corrected chi connectivity index (χ3v) is 5.82. The summed E-state index contributed by atoms with van der Waals surface area (Å²) in [6.45, 7) is 7.07. The molecule has 0 saturated heterocycles. The van der Waals surface area contributed by atoms with E-state index in [1.54, 1.807) is 19.9 Å². The van der Waals surface area contributed by atoms with E-state index in [0.717, 1.165) is 22.0 Å². The third kappa shape index (κ3) is 3.22. The number of sulfonamides is 1. The second-order valence-corrected chi connectivity index (χ2v) is 7.96. The standard InChI is InChI=1S/C17H20N4O3S/c1-9-5-10(2)15-13(6-9)7-14(17(22)19-15)8-18-25(23,24)16-11(3)20-21-12(16)4/h5-7,18H,8H2,1-4H3,(H,19,22)(H,20,21). The van der Waals surface area contributed by atoms with Crippen LogP contribution in [0.2, 0.25) is 0 Å². The van der Waals surface area contributed by atoms with Crippen molar-refractivity contribution >= 4 is 20.9 Å². The largest absolute Gasteiger partial charge is 0.321 e. The Morgan fingerprint density at radius 3 is 2.48 bits per heavy atom. The lowest BCUT2D eigenvalue weighted by Crippen LogP contribution is -2.27. The molecule has 2 heterocycles. The van der Waals surface area contributed by atoms with Crippen LogP contribution in [0, 0.1) is 27.7 Å². The van der Waals surface area contributed by atoms with Gasteiger partial charge in [-0.3, -0.25) is 9.89 Å². The number of fused-ring (bicyclic) bond motifs is 1. The number of aromatic amines is 2. The first-order valence-corrected chi connectivity index (χ1v) is 9.32. The van der Waals surface area contributed by atoms with Crippen LogP contribution in [0.15, 0.2) is 27.9 Å². The first kappa shape index (κ1) is 17.4. The van der Waals surface area contributed by atoms with Crippen molar-refractivity contribution in [2.75, 3.05) is 0 Å². The summed E-state index contributed by atoms with van der Waals surface area (Å²) in [6, 6.07) is 5.68. The van der Waals surface area contributed by atoms with Crippen LogP contribution in [0.1, 0.15) is 28.1 Å². The average Bonchev–Trinajstić information content (AvgIpc) is 2.86. The van der Waals surface area contributed by atoms with Gasteiger partial charge in [0.15, 0.2) is 0 Å². The van der Waals surface area contributed by atoms with Gasteiger partial charge in [-0.2, -0.15) is 5.10 Å². The molecule has 3 N–H and O–H groups in total. The number of hydrogen-bond acceptors (Lipinski definition) is 4. The highest BCUT2D eigenvalue weighted by Gasteiger charge is 2.22. The van der Waals surface area contributed by atoms with Gasteiger partial charge in [0.05, 0.1) is 16.9 Å². The molecule has 0 saturated carbocycles. The van der Waals surface area contributed by atoms with Crippen molar-refractivity contribution in [1.29, 1.82) is 0 Å². The third-order valence-electron chi connectivity index (χ3n) is 4.15. The van der Waals surface area contributed by atoms with E-state index >= 15 is 0 Å². The molecule has 0 spiro atoms. The number of hydrogen-bond donors (Lipinski definition) is 3. The Morgan fingerprint density at radius 1 is 1.12 bits per heavy atom. The fourth-order valence-corrected chi connectivity index (χ4v) is 4.42. The summed E-state index contributed by atoms with van der Waals surface area (Å²) >= 11 is 0. The van der Waals surface area contributed by atoms with Gasteiger partial charge in [0.1, 0.15) is 4.90 Å². The predicted octanol–water partition coefficient (Wildman–Crippen LogP) is 1.96. The van der Waals surface area contributed by atoms with Gasteiger partial charge < -0.3 is 4.98 Å². The van der Waals surface area contributed by atoms with Crippen molar-refractivity contribution in [2.24, 2.45) is 0 Å². The van der Waals surface area contributed by atoms with E-state index in [1.807, 2.05) is 26.0 Å². The van der Waals surface area contributed by atoms with Crippen molar-refractivity contribution < 1.29 is 8.42 Å². The zero-order valence-corrected chi connectivity index (χ0v) is 15.3. The number of aromatic nitrogens is 3. The van der Waals surface area contributed by atoms with Gasteiger partial charge in [0.25, 0.3) is 5.56 Å². The Balaban J connectivity index is 1.96. The quantitative estimate of drug-likeness (QED) is 0.661. The maximum Gasteiger partial charge on any atom is 0.252 e. The highest BCUT2D eigenvalue weighted by atomic mass is 32.2. The van der Waals surface area contributed by atoms with Crippen LogP contribution in [-0.2, 0) is 16.6 Å². The van der Waals surface area contributed by atoms with Crippen molar-refractivity contribution in [3.63, 3.8) is 0 Å². The molecule has 0 aliphatic heterocycles. The Bertz CT molecular complexity index is 1110. The van der Waals surface area contributed by atoms with Crippen LogP contribution >= 0.6 is 0 Å². The van der Waals surface area contributed by atoms with Crippen LogP contribution in [0.3, 0.4) is 0 Å². The normalized spacial score (nSPS) is 12.0. The molecule has 7 nitrogen and oxygen atoms in total. The first-order chi connectivity index (χ1) is 11.7. The van der Waals surface area contributed by atoms with Crippen LogP contribution in [0.4, 0.5) is 0 Å². The molecule has 0 aliphatic carbocycles. The highest BCUT2D eigenvalue weighted by Crippen LogP contribution is 2.19. The van der Waals surface area contributed by atoms with Crippen molar-refractivity contribution in [1.82, 2.24) is 19.9 Å². The van der Waals surface area contributed by atoms with Crippen LogP contribution in [0.5, 0.6) is 0 Å². The number of pyridine rings is 1. The lowest BCUT2D eigenvalue weighted by molar-refractivity contribution is 0.580. The number of nitrogens with one attached hydrogen (secondary N) is 3. The van der Waals surface area contributed by atoms with Crippen molar-refractivity contribution in [2.45, 2.75) is 39.1 Å². The molecule has 3 aromatic rings. The van der Waals surface area contributed by atoms with E-state index < -0.39 is 10.0 Å². The van der Waals surface area contributed by atoms with Gasteiger partial charge in [-0.05, 0) is 50.8 Å². The Kier molecular flexibility index (Phi) is 4.26. The molecule has 0 amide bonds. The molecular weight excluding hydrogens is 340 g/mol. The van der Waals surface area contributed by atoms with Gasteiger partial charge in [-0.15, -0.1) is 0 Å². The predicted molar refractivity (Wildman–Crippen MR) is 96.1 cm³/mol. The maximum absolute atomic E-state index is 12.5. The summed E-state index contributed by atoms with van der Waals surface area (Å²) in [4.78, 5) is 15.3. The van der Waals surface area contributed by atoms with Crippen LogP contribution in [-0.4, -0.2) is 23.6 Å². The summed E-state index contributed by atoms with van der Waals surface area (Å²) in [6.07, 6.45) is 0. The minimum absolute atomic E-state index is 0.0926. The number of benzene rings is 1. The van der Waals surface area contributed by atoms with Crippen LogP contribution < -0.4 is 10.3 Å². The first-order valence-electron chi connectivity index (χ1n) is 7.83. The average molecular weight is 360 g/mol. The topological polar surface area (TPSA) is 108 Å². The molecule has 2 aromatic heterocycles. The maximum atomic E-state index is 12.5. The molecule has 0 radical (unpaired) electrons. The molecule has 1 aromatic carbocycles. The number of rotatable bonds is 4. The minimum atomic E-state index is -3.76. The van der Waals surface area contributed by atoms with E-state index in [2.05, 4.69) is 19.9 Å². The van der Waals surface area contributed by atoms with E-state index in [0.29, 0.717) is 17.0 Å². The summed E-state index contributed by atoms with van der Waals surface area (Å²) in [5, 5.41) is 7.43. The molecule has 8 heteroatoms. The summed E-state index contributed by atoms with van der Waals surface area (Å²) in [7, 11) is -3.76. The minimum Gasteiger partial charge on any atom is -0.321 e. The zero-order valence-electron chi connectivity index (χ0n) is 14.5. The second kappa shape index (κ2) is 6.12. The van der Waals surface area contributed by atoms with Crippen LogP contribution in [0.25, 0.3) is 10.9 Å². The van der Waals surface area contributed by atoms with Crippen molar-refractivity contribution in [3.05, 3.63) is 56.6 Å². The van der Waals surface area contributed by atoms with Gasteiger partial charge in [0.2, 0.25) is 10.0 Å². The Hall–Kier alpha value is -2.45. The summed E-state index contributed by atoms with van der Waals surface area (Å²) < 4.78 is 27.5. The molecule has 3 rings (SSSR count). The molecule has 0 fully saturated rings. The molecular formula is C17H20N4O3S. The van der Waals surface area contributed by atoms with E-state index in [9.17, 15) is 13.2 Å². The van der Waals surface area contributed by atoms with Crippen molar-refractivity contribution in [3.8, 4) is 0 Å². The SMILES string of the molecule is Cc1cc(C)c2[nH]c(=O)c(CNS(=O)(=O)c3c(C)n[nH]c3C)cc2c1. The lowest BCUT2D eigenvalue weighted by atomic mass is 10.1. The van der Waals surface area contributed by atoms with E-state index in [1.165, 1.54) is 0 Å². The second-order valence-electron chi connectivity index (χ2n) is 6.26.